The van der Waals surface area contributed by atoms with Crippen LogP contribution < -0.4 is 5.32 Å². The lowest BCUT2D eigenvalue weighted by atomic mass is 10.1. The van der Waals surface area contributed by atoms with Crippen LogP contribution in [0.3, 0.4) is 0 Å². The number of tetrazole rings is 1. The summed E-state index contributed by atoms with van der Waals surface area (Å²) in [7, 11) is 0. The molecule has 0 radical (unpaired) electrons. The number of nitrogens with zero attached hydrogens (tertiary/aromatic N) is 4. The summed E-state index contributed by atoms with van der Waals surface area (Å²) in [6, 6.07) is 13.9. The molecule has 3 aromatic rings. The van der Waals surface area contributed by atoms with Gasteiger partial charge in [-0.15, -0.1) is 5.10 Å². The molecule has 26 heavy (non-hydrogen) atoms. The van der Waals surface area contributed by atoms with E-state index in [1.165, 1.54) is 11.8 Å². The van der Waals surface area contributed by atoms with E-state index >= 15 is 0 Å². The summed E-state index contributed by atoms with van der Waals surface area (Å²) < 4.78 is 1.64. The lowest BCUT2D eigenvalue weighted by molar-refractivity contribution is -0.115. The molecule has 0 aliphatic heterocycles. The lowest BCUT2D eigenvalue weighted by Gasteiger charge is -2.14. The van der Waals surface area contributed by atoms with Gasteiger partial charge in [0.15, 0.2) is 0 Å². The van der Waals surface area contributed by atoms with Gasteiger partial charge < -0.3 is 5.32 Å². The molecule has 7 heteroatoms. The number of amides is 1. The van der Waals surface area contributed by atoms with Crippen molar-refractivity contribution in [3.63, 3.8) is 0 Å². The molecule has 2 aromatic carbocycles. The van der Waals surface area contributed by atoms with Crippen molar-refractivity contribution in [2.24, 2.45) is 0 Å². The van der Waals surface area contributed by atoms with Crippen LogP contribution in [0.5, 0.6) is 0 Å². The van der Waals surface area contributed by atoms with Crippen molar-refractivity contribution in [2.45, 2.75) is 38.1 Å². The number of thioether (sulfide) groups is 1. The van der Waals surface area contributed by atoms with E-state index in [0.717, 1.165) is 28.1 Å². The number of carbonyl (C=O) groups excluding carboxylic acids is 1. The molecule has 0 spiro atoms. The second kappa shape index (κ2) is 7.70. The number of carbonyl (C=O) groups is 1. The fourth-order valence-electron chi connectivity index (χ4n) is 2.42. The summed E-state index contributed by atoms with van der Waals surface area (Å²) in [5.74, 6) is -0.0813. The third-order valence-electron chi connectivity index (χ3n) is 4.02. The molecule has 3 rings (SSSR count). The average Bonchev–Trinajstić information content (AvgIpc) is 3.07. The van der Waals surface area contributed by atoms with Crippen molar-refractivity contribution in [1.29, 1.82) is 0 Å². The van der Waals surface area contributed by atoms with Gasteiger partial charge in [0.1, 0.15) is 0 Å². The largest absolute Gasteiger partial charge is 0.325 e. The third kappa shape index (κ3) is 4.11. The van der Waals surface area contributed by atoms with Gasteiger partial charge in [0.05, 0.1) is 10.9 Å². The highest BCUT2D eigenvalue weighted by Crippen LogP contribution is 2.25. The number of aryl methyl sites for hydroxylation is 3. The zero-order valence-electron chi connectivity index (χ0n) is 15.2. The molecule has 0 saturated heterocycles. The highest BCUT2D eigenvalue weighted by molar-refractivity contribution is 8.00. The lowest BCUT2D eigenvalue weighted by Crippen LogP contribution is -2.23. The van der Waals surface area contributed by atoms with Crippen molar-refractivity contribution in [3.05, 3.63) is 59.2 Å². The first-order chi connectivity index (χ1) is 12.4. The molecule has 1 atom stereocenters. The average molecular weight is 367 g/mol. The molecule has 0 bridgehead atoms. The van der Waals surface area contributed by atoms with E-state index in [-0.39, 0.29) is 11.2 Å². The summed E-state index contributed by atoms with van der Waals surface area (Å²) >= 11 is 1.33. The molecule has 0 fully saturated rings. The van der Waals surface area contributed by atoms with Gasteiger partial charge in [-0.25, -0.2) is 0 Å². The van der Waals surface area contributed by atoms with Crippen LogP contribution in [0.25, 0.3) is 5.69 Å². The Kier molecular flexibility index (Phi) is 5.37. The minimum Gasteiger partial charge on any atom is -0.325 e. The van der Waals surface area contributed by atoms with E-state index in [4.69, 9.17) is 0 Å². The predicted molar refractivity (Wildman–Crippen MR) is 104 cm³/mol. The zero-order chi connectivity index (χ0) is 18.7. The van der Waals surface area contributed by atoms with Gasteiger partial charge in [0.2, 0.25) is 11.1 Å². The highest BCUT2D eigenvalue weighted by Gasteiger charge is 2.20. The van der Waals surface area contributed by atoms with Crippen LogP contribution in [0.15, 0.2) is 47.6 Å². The van der Waals surface area contributed by atoms with Crippen LogP contribution in [0, 0.1) is 20.8 Å². The molecule has 0 aliphatic rings. The molecule has 1 N–H and O–H groups in total. The highest BCUT2D eigenvalue weighted by atomic mass is 32.2. The van der Waals surface area contributed by atoms with Crippen LogP contribution >= 0.6 is 11.8 Å². The molecular formula is C19H21N5OS. The summed E-state index contributed by atoms with van der Waals surface area (Å²) in [4.78, 5) is 12.6. The van der Waals surface area contributed by atoms with Crippen molar-refractivity contribution >= 4 is 23.4 Å². The van der Waals surface area contributed by atoms with Gasteiger partial charge in [-0.2, -0.15) is 4.68 Å². The first-order valence-electron chi connectivity index (χ1n) is 8.34. The van der Waals surface area contributed by atoms with Crippen LogP contribution in [0.4, 0.5) is 5.69 Å². The molecule has 1 heterocycles. The Bertz CT molecular complexity index is 920. The SMILES string of the molecule is Cc1ccc(-n2nnnc2SC(C)C(=O)Nc2cc(C)ccc2C)cc1. The smallest absolute Gasteiger partial charge is 0.237 e. The van der Waals surface area contributed by atoms with Crippen LogP contribution in [-0.2, 0) is 4.79 Å². The van der Waals surface area contributed by atoms with E-state index in [9.17, 15) is 4.79 Å². The third-order valence-corrected chi connectivity index (χ3v) is 5.05. The fourth-order valence-corrected chi connectivity index (χ4v) is 3.22. The van der Waals surface area contributed by atoms with E-state index in [0.29, 0.717) is 5.16 Å². The van der Waals surface area contributed by atoms with Gasteiger partial charge >= 0.3 is 0 Å². The number of hydrogen-bond acceptors (Lipinski definition) is 5. The second-order valence-corrected chi connectivity index (χ2v) is 7.58. The van der Waals surface area contributed by atoms with Gasteiger partial charge in [-0.1, -0.05) is 41.6 Å². The molecular weight excluding hydrogens is 346 g/mol. The molecule has 6 nitrogen and oxygen atoms in total. The maximum absolute atomic E-state index is 12.6. The first-order valence-corrected chi connectivity index (χ1v) is 9.22. The quantitative estimate of drug-likeness (QED) is 0.696. The maximum atomic E-state index is 12.6. The molecule has 0 aliphatic carbocycles. The molecule has 1 aromatic heterocycles. The second-order valence-electron chi connectivity index (χ2n) is 6.28. The normalized spacial score (nSPS) is 12.0. The van der Waals surface area contributed by atoms with Crippen molar-refractivity contribution in [2.75, 3.05) is 5.32 Å². The molecule has 1 unspecified atom stereocenters. The van der Waals surface area contributed by atoms with Crippen molar-refractivity contribution in [1.82, 2.24) is 20.2 Å². The molecule has 0 saturated carbocycles. The molecule has 134 valence electrons. The number of benzene rings is 2. The zero-order valence-corrected chi connectivity index (χ0v) is 16.0. The van der Waals surface area contributed by atoms with Gasteiger partial charge in [-0.3, -0.25) is 4.79 Å². The summed E-state index contributed by atoms with van der Waals surface area (Å²) in [6.45, 7) is 7.85. The Labute approximate surface area is 157 Å². The number of hydrogen-bond donors (Lipinski definition) is 1. The minimum atomic E-state index is -0.342. The van der Waals surface area contributed by atoms with Crippen LogP contribution in [-0.4, -0.2) is 31.4 Å². The number of anilines is 1. The Morgan fingerprint density at radius 1 is 1.08 bits per heavy atom. The first kappa shape index (κ1) is 18.1. The number of rotatable bonds is 5. The number of nitrogens with one attached hydrogen (secondary N) is 1. The van der Waals surface area contributed by atoms with Gasteiger partial charge in [0.25, 0.3) is 0 Å². The fraction of sp³-hybridized carbons (Fsp3) is 0.263. The van der Waals surface area contributed by atoms with E-state index in [1.807, 2.05) is 70.2 Å². The monoisotopic (exact) mass is 367 g/mol. The topological polar surface area (TPSA) is 72.7 Å². The van der Waals surface area contributed by atoms with Crippen molar-refractivity contribution in [3.8, 4) is 5.69 Å². The van der Waals surface area contributed by atoms with E-state index in [1.54, 1.807) is 4.68 Å². The standard InChI is InChI=1S/C19H21N5OS/c1-12-6-9-16(10-7-12)24-19(21-22-23-24)26-15(4)18(25)20-17-11-13(2)5-8-14(17)3/h5-11,15H,1-4H3,(H,20,25). The summed E-state index contributed by atoms with van der Waals surface area (Å²) in [5, 5.41) is 15.1. The number of aromatic nitrogens is 4. The maximum Gasteiger partial charge on any atom is 0.237 e. The Morgan fingerprint density at radius 3 is 2.50 bits per heavy atom. The summed E-state index contributed by atoms with van der Waals surface area (Å²) in [6.07, 6.45) is 0. The van der Waals surface area contributed by atoms with E-state index in [2.05, 4.69) is 20.8 Å². The Balaban J connectivity index is 1.73. The predicted octanol–water partition coefficient (Wildman–Crippen LogP) is 3.71. The van der Waals surface area contributed by atoms with Crippen molar-refractivity contribution < 1.29 is 4.79 Å². The van der Waals surface area contributed by atoms with Gasteiger partial charge in [0, 0.05) is 5.69 Å². The van der Waals surface area contributed by atoms with Gasteiger partial charge in [-0.05, 0) is 67.4 Å². The Hall–Kier alpha value is -2.67. The minimum absolute atomic E-state index is 0.0813. The van der Waals surface area contributed by atoms with Crippen LogP contribution in [0.2, 0.25) is 0 Å². The van der Waals surface area contributed by atoms with E-state index < -0.39 is 0 Å². The Morgan fingerprint density at radius 2 is 1.77 bits per heavy atom. The molecule has 1 amide bonds. The van der Waals surface area contributed by atoms with Crippen LogP contribution in [0.1, 0.15) is 23.6 Å². The summed E-state index contributed by atoms with van der Waals surface area (Å²) in [5.41, 5.74) is 5.00.